The van der Waals surface area contributed by atoms with E-state index < -0.39 is 0 Å². The van der Waals surface area contributed by atoms with Crippen LogP contribution in [-0.2, 0) is 5.41 Å². The third kappa shape index (κ3) is 2.44. The first-order valence-corrected chi connectivity index (χ1v) is 6.32. The van der Waals surface area contributed by atoms with Crippen LogP contribution in [-0.4, -0.2) is 13.1 Å². The predicted molar refractivity (Wildman–Crippen MR) is 71.3 cm³/mol. The van der Waals surface area contributed by atoms with E-state index in [1.165, 1.54) is 18.5 Å². The molecule has 0 radical (unpaired) electrons. The van der Waals surface area contributed by atoms with Gasteiger partial charge in [-0.15, -0.1) is 0 Å². The molecule has 0 saturated carbocycles. The Morgan fingerprint density at radius 2 is 1.82 bits per heavy atom. The van der Waals surface area contributed by atoms with Crippen LogP contribution in [0.1, 0.15) is 44.7 Å². The number of nitrogens with zero attached hydrogens (tertiary/aromatic N) is 2. The molecule has 1 fully saturated rings. The summed E-state index contributed by atoms with van der Waals surface area (Å²) < 4.78 is 0. The summed E-state index contributed by atoms with van der Waals surface area (Å²) >= 11 is 0. The van der Waals surface area contributed by atoms with Crippen molar-refractivity contribution in [3.8, 4) is 6.07 Å². The molecule has 2 nitrogen and oxygen atoms in total. The smallest absolute Gasteiger partial charge is 0.0995 e. The third-order valence-electron chi connectivity index (χ3n) is 3.40. The average Bonchev–Trinajstić information content (AvgIpc) is 2.80. The highest BCUT2D eigenvalue weighted by atomic mass is 15.1. The predicted octanol–water partition coefficient (Wildman–Crippen LogP) is 3.46. The highest BCUT2D eigenvalue weighted by Crippen LogP contribution is 2.30. The maximum Gasteiger partial charge on any atom is 0.0995 e. The first-order valence-electron chi connectivity index (χ1n) is 6.32. The monoisotopic (exact) mass is 228 g/mol. The second-order valence-corrected chi connectivity index (χ2v) is 5.79. The molecule has 17 heavy (non-hydrogen) atoms. The normalized spacial score (nSPS) is 16.0. The van der Waals surface area contributed by atoms with Gasteiger partial charge in [0.05, 0.1) is 11.6 Å². The SMILES string of the molecule is CC(C)(C)c1ccc(N2CCCC2)cc1C#N. The first-order chi connectivity index (χ1) is 8.02. The van der Waals surface area contributed by atoms with Gasteiger partial charge in [0, 0.05) is 18.8 Å². The zero-order chi connectivity index (χ0) is 12.5. The third-order valence-corrected chi connectivity index (χ3v) is 3.40. The number of nitriles is 1. The van der Waals surface area contributed by atoms with Crippen molar-refractivity contribution >= 4 is 5.69 Å². The van der Waals surface area contributed by atoms with E-state index >= 15 is 0 Å². The second-order valence-electron chi connectivity index (χ2n) is 5.79. The zero-order valence-electron chi connectivity index (χ0n) is 11.0. The van der Waals surface area contributed by atoms with E-state index in [0.29, 0.717) is 0 Å². The largest absolute Gasteiger partial charge is 0.371 e. The molecule has 0 aromatic heterocycles. The van der Waals surface area contributed by atoms with Gasteiger partial charge in [-0.1, -0.05) is 26.8 Å². The molecular weight excluding hydrogens is 208 g/mol. The molecule has 1 saturated heterocycles. The molecule has 0 amide bonds. The highest BCUT2D eigenvalue weighted by molar-refractivity contribution is 5.56. The molecule has 90 valence electrons. The maximum atomic E-state index is 9.28. The van der Waals surface area contributed by atoms with E-state index in [4.69, 9.17) is 0 Å². The van der Waals surface area contributed by atoms with Gasteiger partial charge >= 0.3 is 0 Å². The molecule has 0 N–H and O–H groups in total. The molecule has 0 aliphatic carbocycles. The molecule has 2 heteroatoms. The minimum Gasteiger partial charge on any atom is -0.371 e. The van der Waals surface area contributed by atoms with Gasteiger partial charge in [-0.25, -0.2) is 0 Å². The summed E-state index contributed by atoms with van der Waals surface area (Å²) in [5, 5.41) is 9.28. The van der Waals surface area contributed by atoms with E-state index in [9.17, 15) is 5.26 Å². The zero-order valence-corrected chi connectivity index (χ0v) is 11.0. The fraction of sp³-hybridized carbons (Fsp3) is 0.533. The number of rotatable bonds is 1. The number of hydrogen-bond donors (Lipinski definition) is 0. The quantitative estimate of drug-likeness (QED) is 0.736. The summed E-state index contributed by atoms with van der Waals surface area (Å²) in [4.78, 5) is 2.37. The molecule has 0 spiro atoms. The van der Waals surface area contributed by atoms with Crippen LogP contribution in [0.25, 0.3) is 0 Å². The van der Waals surface area contributed by atoms with Gasteiger partial charge in [0.1, 0.15) is 0 Å². The lowest BCUT2D eigenvalue weighted by molar-refractivity contribution is 0.588. The van der Waals surface area contributed by atoms with E-state index in [1.807, 2.05) is 6.07 Å². The van der Waals surface area contributed by atoms with Crippen LogP contribution in [0.15, 0.2) is 18.2 Å². The van der Waals surface area contributed by atoms with Crippen LogP contribution >= 0.6 is 0 Å². The Hall–Kier alpha value is -1.49. The molecule has 1 heterocycles. The van der Waals surface area contributed by atoms with Gasteiger partial charge in [0.15, 0.2) is 0 Å². The minimum absolute atomic E-state index is 0.0363. The van der Waals surface area contributed by atoms with Crippen LogP contribution in [0.5, 0.6) is 0 Å². The van der Waals surface area contributed by atoms with Crippen LogP contribution in [0.4, 0.5) is 5.69 Å². The van der Waals surface area contributed by atoms with E-state index in [1.54, 1.807) is 0 Å². The Morgan fingerprint density at radius 1 is 1.18 bits per heavy atom. The van der Waals surface area contributed by atoms with Gasteiger partial charge in [0.2, 0.25) is 0 Å². The molecule has 0 bridgehead atoms. The molecule has 1 aliphatic heterocycles. The average molecular weight is 228 g/mol. The van der Waals surface area contributed by atoms with Gasteiger partial charge in [-0.2, -0.15) is 5.26 Å². The summed E-state index contributed by atoms with van der Waals surface area (Å²) in [7, 11) is 0. The van der Waals surface area contributed by atoms with E-state index in [2.05, 4.69) is 43.9 Å². The Morgan fingerprint density at radius 3 is 2.35 bits per heavy atom. The van der Waals surface area contributed by atoms with Gasteiger partial charge < -0.3 is 4.90 Å². The van der Waals surface area contributed by atoms with Crippen LogP contribution in [0, 0.1) is 11.3 Å². The lowest BCUT2D eigenvalue weighted by Gasteiger charge is -2.23. The minimum atomic E-state index is 0.0363. The van der Waals surface area contributed by atoms with Crippen molar-refractivity contribution in [1.29, 1.82) is 5.26 Å². The van der Waals surface area contributed by atoms with Crippen molar-refractivity contribution in [1.82, 2.24) is 0 Å². The summed E-state index contributed by atoms with van der Waals surface area (Å²) in [5.41, 5.74) is 3.20. The number of anilines is 1. The molecule has 1 aliphatic rings. The summed E-state index contributed by atoms with van der Waals surface area (Å²) in [5.74, 6) is 0. The molecule has 0 unspecified atom stereocenters. The van der Waals surface area contributed by atoms with E-state index in [0.717, 1.165) is 24.2 Å². The van der Waals surface area contributed by atoms with Gasteiger partial charge in [-0.05, 0) is 36.0 Å². The van der Waals surface area contributed by atoms with E-state index in [-0.39, 0.29) is 5.41 Å². The van der Waals surface area contributed by atoms with Crippen molar-refractivity contribution in [2.24, 2.45) is 0 Å². The first kappa shape index (κ1) is 12.0. The topological polar surface area (TPSA) is 27.0 Å². The standard InChI is InChI=1S/C15H20N2/c1-15(2,3)14-7-6-13(10-12(14)11-16)17-8-4-5-9-17/h6-7,10H,4-5,8-9H2,1-3H3. The molecule has 2 rings (SSSR count). The molecule has 1 aromatic rings. The fourth-order valence-electron chi connectivity index (χ4n) is 2.45. The molecular formula is C15H20N2. The maximum absolute atomic E-state index is 9.28. The second kappa shape index (κ2) is 4.41. The Bertz CT molecular complexity index is 443. The Balaban J connectivity index is 2.38. The van der Waals surface area contributed by atoms with Gasteiger partial charge in [0.25, 0.3) is 0 Å². The van der Waals surface area contributed by atoms with Crippen LogP contribution in [0.2, 0.25) is 0 Å². The molecule has 0 atom stereocenters. The Labute approximate surface area is 104 Å². The van der Waals surface area contributed by atoms with Crippen LogP contribution in [0.3, 0.4) is 0 Å². The summed E-state index contributed by atoms with van der Waals surface area (Å²) in [6, 6.07) is 8.66. The van der Waals surface area contributed by atoms with Crippen molar-refractivity contribution in [3.63, 3.8) is 0 Å². The summed E-state index contributed by atoms with van der Waals surface area (Å²) in [6.45, 7) is 8.70. The van der Waals surface area contributed by atoms with Crippen LogP contribution < -0.4 is 4.90 Å². The molecule has 1 aromatic carbocycles. The lowest BCUT2D eigenvalue weighted by Crippen LogP contribution is -2.19. The van der Waals surface area contributed by atoms with Crippen molar-refractivity contribution in [3.05, 3.63) is 29.3 Å². The number of hydrogen-bond acceptors (Lipinski definition) is 2. The fourth-order valence-corrected chi connectivity index (χ4v) is 2.45. The Kier molecular flexibility index (Phi) is 3.11. The van der Waals surface area contributed by atoms with Crippen molar-refractivity contribution < 1.29 is 0 Å². The summed E-state index contributed by atoms with van der Waals surface area (Å²) in [6.07, 6.45) is 2.53. The lowest BCUT2D eigenvalue weighted by atomic mass is 9.84. The van der Waals surface area contributed by atoms with Gasteiger partial charge in [-0.3, -0.25) is 0 Å². The van der Waals surface area contributed by atoms with Crippen molar-refractivity contribution in [2.75, 3.05) is 18.0 Å². The van der Waals surface area contributed by atoms with Crippen molar-refractivity contribution in [2.45, 2.75) is 39.0 Å². The number of benzene rings is 1. The highest BCUT2D eigenvalue weighted by Gasteiger charge is 2.20.